The summed E-state index contributed by atoms with van der Waals surface area (Å²) in [6.45, 7) is 3.38. The van der Waals surface area contributed by atoms with Crippen molar-refractivity contribution in [3.05, 3.63) is 95.6 Å². The highest BCUT2D eigenvalue weighted by Crippen LogP contribution is 2.33. The van der Waals surface area contributed by atoms with Crippen LogP contribution in [0.1, 0.15) is 22.8 Å². The molecule has 9 heteroatoms. The van der Waals surface area contributed by atoms with Crippen LogP contribution in [0.15, 0.2) is 78.9 Å². The first-order chi connectivity index (χ1) is 17.8. The van der Waals surface area contributed by atoms with E-state index in [0.29, 0.717) is 56.3 Å². The number of anilines is 1. The van der Waals surface area contributed by atoms with Crippen molar-refractivity contribution in [2.45, 2.75) is 12.3 Å². The largest absolute Gasteiger partial charge is 0.495 e. The van der Waals surface area contributed by atoms with E-state index in [-0.39, 0.29) is 6.03 Å². The van der Waals surface area contributed by atoms with Gasteiger partial charge in [-0.3, -0.25) is 4.90 Å². The van der Waals surface area contributed by atoms with Gasteiger partial charge in [0.05, 0.1) is 25.0 Å². The summed E-state index contributed by atoms with van der Waals surface area (Å²) in [7, 11) is 1.56. The van der Waals surface area contributed by atoms with E-state index in [1.165, 1.54) is 6.07 Å². The average Bonchev–Trinajstić information content (AvgIpc) is 2.92. The van der Waals surface area contributed by atoms with Gasteiger partial charge >= 0.3 is 12.2 Å². The number of nitrogens with zero attached hydrogens (tertiary/aromatic N) is 2. The SMILES string of the molecule is COc1ccccc1NC(=O)N1CCN(CCO[C@@H](c2ccccc2)c2cccc(C(F)(F)F)c2)CC1. The van der Waals surface area contributed by atoms with E-state index >= 15 is 0 Å². The Labute approximate surface area is 214 Å². The van der Waals surface area contributed by atoms with Crippen LogP contribution in [0.3, 0.4) is 0 Å². The lowest BCUT2D eigenvalue weighted by molar-refractivity contribution is -0.137. The number of carbonyl (C=O) groups is 1. The maximum absolute atomic E-state index is 13.3. The Bertz CT molecular complexity index is 1170. The summed E-state index contributed by atoms with van der Waals surface area (Å²) in [6.07, 6.45) is -5.04. The minimum absolute atomic E-state index is 0.186. The van der Waals surface area contributed by atoms with E-state index in [0.717, 1.165) is 17.7 Å². The highest BCUT2D eigenvalue weighted by Gasteiger charge is 2.31. The molecule has 0 bridgehead atoms. The summed E-state index contributed by atoms with van der Waals surface area (Å²) in [5, 5.41) is 2.89. The molecule has 1 heterocycles. The molecule has 0 spiro atoms. The minimum Gasteiger partial charge on any atom is -0.495 e. The fourth-order valence-corrected chi connectivity index (χ4v) is 4.31. The molecule has 1 N–H and O–H groups in total. The zero-order valence-corrected chi connectivity index (χ0v) is 20.6. The van der Waals surface area contributed by atoms with Gasteiger partial charge in [0.1, 0.15) is 11.9 Å². The second-order valence-electron chi connectivity index (χ2n) is 8.74. The number of hydrogen-bond acceptors (Lipinski definition) is 4. The van der Waals surface area contributed by atoms with Gasteiger partial charge in [-0.1, -0.05) is 54.6 Å². The van der Waals surface area contributed by atoms with E-state index in [2.05, 4.69) is 10.2 Å². The van der Waals surface area contributed by atoms with Gasteiger partial charge in [-0.25, -0.2) is 4.79 Å². The number of hydrogen-bond donors (Lipinski definition) is 1. The van der Waals surface area contributed by atoms with Gasteiger partial charge in [0.15, 0.2) is 0 Å². The molecule has 3 aromatic carbocycles. The Morgan fingerprint density at radius 2 is 1.59 bits per heavy atom. The van der Waals surface area contributed by atoms with Crippen LogP contribution in [0.2, 0.25) is 0 Å². The number of methoxy groups -OCH3 is 1. The molecule has 0 unspecified atom stereocenters. The van der Waals surface area contributed by atoms with Crippen molar-refractivity contribution in [2.24, 2.45) is 0 Å². The monoisotopic (exact) mass is 513 g/mol. The molecule has 3 aromatic rings. The van der Waals surface area contributed by atoms with E-state index < -0.39 is 17.8 Å². The third-order valence-electron chi connectivity index (χ3n) is 6.32. The van der Waals surface area contributed by atoms with E-state index in [1.807, 2.05) is 42.5 Å². The molecular formula is C28H30F3N3O3. The molecule has 1 aliphatic heterocycles. The highest BCUT2D eigenvalue weighted by atomic mass is 19.4. The second kappa shape index (κ2) is 12.1. The number of para-hydroxylation sites is 2. The van der Waals surface area contributed by atoms with Crippen molar-refractivity contribution < 1.29 is 27.4 Å². The van der Waals surface area contributed by atoms with Crippen molar-refractivity contribution in [2.75, 3.05) is 51.8 Å². The third-order valence-corrected chi connectivity index (χ3v) is 6.32. The third kappa shape index (κ3) is 7.02. The lowest BCUT2D eigenvalue weighted by Crippen LogP contribution is -2.50. The number of ether oxygens (including phenoxy) is 2. The molecule has 0 aromatic heterocycles. The molecule has 2 amide bonds. The summed E-state index contributed by atoms with van der Waals surface area (Å²) in [5.41, 5.74) is 1.17. The van der Waals surface area contributed by atoms with Crippen LogP contribution < -0.4 is 10.1 Å². The smallest absolute Gasteiger partial charge is 0.416 e. The molecule has 37 heavy (non-hydrogen) atoms. The topological polar surface area (TPSA) is 54.0 Å². The molecule has 0 saturated carbocycles. The standard InChI is InChI=1S/C28H30F3N3O3/c1-36-25-13-6-5-12-24(25)32-27(35)34-16-14-33(15-17-34)18-19-37-26(21-8-3-2-4-9-21)22-10-7-11-23(20-22)28(29,30)31/h2-13,20,26H,14-19H2,1H3,(H,32,35)/t26-/m0/s1. The van der Waals surface area contributed by atoms with Crippen LogP contribution in [0.4, 0.5) is 23.7 Å². The van der Waals surface area contributed by atoms with Crippen molar-refractivity contribution in [1.29, 1.82) is 0 Å². The van der Waals surface area contributed by atoms with Crippen LogP contribution in [0, 0.1) is 0 Å². The van der Waals surface area contributed by atoms with Crippen LogP contribution in [-0.2, 0) is 10.9 Å². The Morgan fingerprint density at radius 1 is 0.919 bits per heavy atom. The van der Waals surface area contributed by atoms with Crippen molar-refractivity contribution in [1.82, 2.24) is 9.80 Å². The molecule has 1 atom stereocenters. The fourth-order valence-electron chi connectivity index (χ4n) is 4.31. The first-order valence-electron chi connectivity index (χ1n) is 12.1. The Kier molecular flexibility index (Phi) is 8.68. The number of rotatable bonds is 8. The van der Waals surface area contributed by atoms with Crippen LogP contribution in [0.25, 0.3) is 0 Å². The number of piperazine rings is 1. The Hall–Kier alpha value is -3.56. The van der Waals surface area contributed by atoms with E-state index in [9.17, 15) is 18.0 Å². The number of urea groups is 1. The van der Waals surface area contributed by atoms with Gasteiger partial charge in [0, 0.05) is 32.7 Å². The molecule has 196 valence electrons. The van der Waals surface area contributed by atoms with Gasteiger partial charge in [0.25, 0.3) is 0 Å². The predicted octanol–water partition coefficient (Wildman–Crippen LogP) is 5.67. The first kappa shape index (κ1) is 26.5. The molecule has 1 fully saturated rings. The molecular weight excluding hydrogens is 483 g/mol. The molecule has 6 nitrogen and oxygen atoms in total. The number of benzene rings is 3. The summed E-state index contributed by atoms with van der Waals surface area (Å²) in [6, 6.07) is 21.6. The van der Waals surface area contributed by atoms with E-state index in [1.54, 1.807) is 30.2 Å². The summed E-state index contributed by atoms with van der Waals surface area (Å²) >= 11 is 0. The fraction of sp³-hybridized carbons (Fsp3) is 0.321. The van der Waals surface area contributed by atoms with Crippen molar-refractivity contribution in [3.8, 4) is 5.75 Å². The number of amides is 2. The predicted molar refractivity (Wildman–Crippen MR) is 136 cm³/mol. The first-order valence-corrected chi connectivity index (χ1v) is 12.1. The van der Waals surface area contributed by atoms with Gasteiger partial charge in [-0.2, -0.15) is 13.2 Å². The van der Waals surface area contributed by atoms with Crippen molar-refractivity contribution >= 4 is 11.7 Å². The number of halogens is 3. The number of carbonyl (C=O) groups excluding carboxylic acids is 1. The summed E-state index contributed by atoms with van der Waals surface area (Å²) in [5.74, 6) is 0.598. The molecule has 0 radical (unpaired) electrons. The molecule has 0 aliphatic carbocycles. The van der Waals surface area contributed by atoms with Crippen LogP contribution >= 0.6 is 0 Å². The van der Waals surface area contributed by atoms with Gasteiger partial charge in [-0.15, -0.1) is 0 Å². The molecule has 4 rings (SSSR count). The molecule has 1 aliphatic rings. The zero-order chi connectivity index (χ0) is 26.3. The quantitative estimate of drug-likeness (QED) is 0.422. The maximum Gasteiger partial charge on any atom is 0.416 e. The maximum atomic E-state index is 13.3. The second-order valence-corrected chi connectivity index (χ2v) is 8.74. The minimum atomic E-state index is -4.42. The lowest BCUT2D eigenvalue weighted by atomic mass is 9.99. The van der Waals surface area contributed by atoms with Crippen molar-refractivity contribution in [3.63, 3.8) is 0 Å². The number of nitrogens with one attached hydrogen (secondary N) is 1. The van der Waals surface area contributed by atoms with Gasteiger partial charge in [-0.05, 0) is 35.4 Å². The number of alkyl halides is 3. The van der Waals surface area contributed by atoms with Gasteiger partial charge in [0.2, 0.25) is 0 Å². The van der Waals surface area contributed by atoms with Crippen LogP contribution in [0.5, 0.6) is 5.75 Å². The summed E-state index contributed by atoms with van der Waals surface area (Å²) in [4.78, 5) is 16.6. The van der Waals surface area contributed by atoms with Crippen LogP contribution in [-0.4, -0.2) is 62.3 Å². The van der Waals surface area contributed by atoms with Gasteiger partial charge < -0.3 is 19.7 Å². The molecule has 1 saturated heterocycles. The highest BCUT2D eigenvalue weighted by molar-refractivity contribution is 5.91. The average molecular weight is 514 g/mol. The Balaban J connectivity index is 1.32. The lowest BCUT2D eigenvalue weighted by Gasteiger charge is -2.35. The normalized spacial score (nSPS) is 15.3. The summed E-state index contributed by atoms with van der Waals surface area (Å²) < 4.78 is 51.3. The van der Waals surface area contributed by atoms with E-state index in [4.69, 9.17) is 9.47 Å². The Morgan fingerprint density at radius 3 is 2.30 bits per heavy atom. The zero-order valence-electron chi connectivity index (χ0n) is 20.6.